The molecule has 0 spiro atoms. The average molecular weight is 587 g/mol. The van der Waals surface area contributed by atoms with E-state index in [1.807, 2.05) is 6.08 Å². The summed E-state index contributed by atoms with van der Waals surface area (Å²) in [6.45, 7) is 12.3. The summed E-state index contributed by atoms with van der Waals surface area (Å²) in [5.41, 5.74) is 0. The van der Waals surface area contributed by atoms with Crippen LogP contribution < -0.4 is 0 Å². The van der Waals surface area contributed by atoms with E-state index in [-0.39, 0.29) is 0 Å². The minimum Gasteiger partial charge on any atom is -0.382 e. The van der Waals surface area contributed by atoms with Crippen molar-refractivity contribution in [3.05, 3.63) is 12.7 Å². The third-order valence-corrected chi connectivity index (χ3v) is 7.85. The summed E-state index contributed by atoms with van der Waals surface area (Å²) in [6.07, 6.45) is 3.56. The van der Waals surface area contributed by atoms with Gasteiger partial charge in [0.15, 0.2) is 0 Å². The highest BCUT2D eigenvalue weighted by Crippen LogP contribution is 2.20. The Bertz CT molecular complexity index is 435. The molecule has 0 radical (unpaired) electrons. The van der Waals surface area contributed by atoms with Crippen molar-refractivity contribution in [3.8, 4) is 0 Å². The fourth-order valence-corrected chi connectivity index (χ4v) is 5.47. The molecule has 0 fully saturated rings. The second-order valence-corrected chi connectivity index (χ2v) is 10.8. The van der Waals surface area contributed by atoms with Crippen LogP contribution >= 0.6 is 0 Å². The normalized spacial score (nSPS) is 11.9. The summed E-state index contributed by atoms with van der Waals surface area (Å²) in [7, 11) is 1.90. The molecule has 0 unspecified atom stereocenters. The van der Waals surface area contributed by atoms with Gasteiger partial charge in [-0.3, -0.25) is 0 Å². The number of methoxy groups -OCH3 is 3. The van der Waals surface area contributed by atoms with Crippen LogP contribution in [0.3, 0.4) is 0 Å². The van der Waals surface area contributed by atoms with Gasteiger partial charge in [0, 0.05) is 27.4 Å². The molecule has 0 rings (SSSR count). The molecule has 0 heterocycles. The first-order valence-corrected chi connectivity index (χ1v) is 15.6. The summed E-state index contributed by atoms with van der Waals surface area (Å²) >= 11 is 0. The summed E-state index contributed by atoms with van der Waals surface area (Å²) in [4.78, 5) is 0. The molecule has 12 nitrogen and oxygen atoms in total. The highest BCUT2D eigenvalue weighted by atomic mass is 28.4. The monoisotopic (exact) mass is 586 g/mol. The summed E-state index contributed by atoms with van der Waals surface area (Å²) in [5.74, 6) is 0. The molecule has 0 aliphatic carbocycles. The Hall–Kier alpha value is -0.523. The SMILES string of the molecule is C=CCCC[Si](OCCOCCOCCOC)(OCCOCCOCCOC)OCCOCCOCCOC. The number of unbranched alkanes of at least 4 members (excludes halogenated alkanes) is 1. The minimum absolute atomic E-state index is 0.348. The smallest absolute Gasteiger partial charge is 0.382 e. The van der Waals surface area contributed by atoms with E-state index >= 15 is 0 Å². The van der Waals surface area contributed by atoms with Crippen molar-refractivity contribution in [1.29, 1.82) is 0 Å². The molecule has 39 heavy (non-hydrogen) atoms. The maximum atomic E-state index is 6.25. The van der Waals surface area contributed by atoms with Gasteiger partial charge in [-0.15, -0.1) is 6.58 Å². The zero-order valence-electron chi connectivity index (χ0n) is 24.5. The molecule has 13 heteroatoms. The first kappa shape index (κ1) is 38.5. The Morgan fingerprint density at radius 1 is 0.436 bits per heavy atom. The second kappa shape index (κ2) is 32.0. The Balaban J connectivity index is 4.60. The molecule has 0 amide bonds. The maximum Gasteiger partial charge on any atom is 0.501 e. The number of rotatable bonds is 34. The third-order valence-electron chi connectivity index (χ3n) is 4.95. The van der Waals surface area contributed by atoms with E-state index < -0.39 is 8.80 Å². The highest BCUT2D eigenvalue weighted by Gasteiger charge is 2.40. The molecule has 0 N–H and O–H groups in total. The van der Waals surface area contributed by atoms with Crippen molar-refractivity contribution in [2.45, 2.75) is 18.9 Å². The van der Waals surface area contributed by atoms with E-state index in [1.54, 1.807) is 21.3 Å². The molecule has 0 aliphatic rings. The van der Waals surface area contributed by atoms with Crippen molar-refractivity contribution in [3.63, 3.8) is 0 Å². The molecule has 0 aromatic rings. The Kier molecular flexibility index (Phi) is 31.6. The van der Waals surface area contributed by atoms with Crippen molar-refractivity contribution < 1.29 is 55.9 Å². The highest BCUT2D eigenvalue weighted by molar-refractivity contribution is 6.60. The zero-order chi connectivity index (χ0) is 28.5. The lowest BCUT2D eigenvalue weighted by Gasteiger charge is -2.30. The van der Waals surface area contributed by atoms with Crippen molar-refractivity contribution >= 4 is 8.80 Å². The topological polar surface area (TPSA) is 111 Å². The predicted octanol–water partition coefficient (Wildman–Crippen LogP) is 1.98. The minimum atomic E-state index is -3.02. The molecule has 0 saturated heterocycles. The average Bonchev–Trinajstić information content (AvgIpc) is 2.94. The van der Waals surface area contributed by atoms with E-state index in [4.69, 9.17) is 55.9 Å². The lowest BCUT2D eigenvalue weighted by Crippen LogP contribution is -2.48. The van der Waals surface area contributed by atoms with Gasteiger partial charge in [-0.2, -0.15) is 0 Å². The number of ether oxygens (including phenoxy) is 9. The van der Waals surface area contributed by atoms with Crippen molar-refractivity contribution in [1.82, 2.24) is 0 Å². The van der Waals surface area contributed by atoms with Crippen molar-refractivity contribution in [2.24, 2.45) is 0 Å². The van der Waals surface area contributed by atoms with Crippen LogP contribution in [0.15, 0.2) is 12.7 Å². The molecule has 0 aromatic heterocycles. The molecular weight excluding hydrogens is 532 g/mol. The van der Waals surface area contributed by atoms with Crippen LogP contribution in [0.1, 0.15) is 12.8 Å². The third kappa shape index (κ3) is 27.4. The molecule has 0 saturated carbocycles. The van der Waals surface area contributed by atoms with Gasteiger partial charge in [0.05, 0.1) is 119 Å². The Labute approximate surface area is 236 Å². The van der Waals surface area contributed by atoms with Gasteiger partial charge >= 0.3 is 8.80 Å². The van der Waals surface area contributed by atoms with Crippen LogP contribution in [0.5, 0.6) is 0 Å². The van der Waals surface area contributed by atoms with Crippen LogP contribution in [0.4, 0.5) is 0 Å². The molecule has 234 valence electrons. The van der Waals surface area contributed by atoms with Gasteiger partial charge in [-0.25, -0.2) is 0 Å². The van der Waals surface area contributed by atoms with Gasteiger partial charge in [-0.1, -0.05) is 6.08 Å². The lowest BCUT2D eigenvalue weighted by atomic mass is 10.3. The predicted molar refractivity (Wildman–Crippen MR) is 148 cm³/mol. The fourth-order valence-electron chi connectivity index (χ4n) is 2.97. The largest absolute Gasteiger partial charge is 0.501 e. The lowest BCUT2D eigenvalue weighted by molar-refractivity contribution is -0.0207. The van der Waals surface area contributed by atoms with Gasteiger partial charge in [0.25, 0.3) is 0 Å². The standard InChI is InChI=1S/C26H54O12Si/c1-5-6-7-26-39(36-23-20-33-17-14-30-11-8-27-2,37-24-21-34-18-15-31-12-9-28-3)38-25-22-35-19-16-32-13-10-29-4/h5H,1,6-26H2,2-4H3. The fraction of sp³-hybridized carbons (Fsp3) is 0.923. The van der Waals surface area contributed by atoms with E-state index in [0.29, 0.717) is 125 Å². The number of allylic oxidation sites excluding steroid dienone is 1. The first-order valence-electron chi connectivity index (χ1n) is 13.7. The van der Waals surface area contributed by atoms with Crippen LogP contribution in [0.2, 0.25) is 6.04 Å². The Morgan fingerprint density at radius 3 is 1.00 bits per heavy atom. The van der Waals surface area contributed by atoms with Crippen LogP contribution in [-0.2, 0) is 55.9 Å². The number of hydrogen-bond acceptors (Lipinski definition) is 12. The van der Waals surface area contributed by atoms with E-state index in [2.05, 4.69) is 6.58 Å². The van der Waals surface area contributed by atoms with Gasteiger partial charge in [0.1, 0.15) is 0 Å². The quantitative estimate of drug-likeness (QED) is 0.0625. The summed E-state index contributed by atoms with van der Waals surface area (Å²) in [6, 6.07) is 0.652. The first-order chi connectivity index (χ1) is 19.2. The van der Waals surface area contributed by atoms with E-state index in [0.717, 1.165) is 12.8 Å². The van der Waals surface area contributed by atoms with Crippen LogP contribution in [0, 0.1) is 0 Å². The zero-order valence-corrected chi connectivity index (χ0v) is 25.5. The molecule has 0 aromatic carbocycles. The molecule has 0 atom stereocenters. The number of hydrogen-bond donors (Lipinski definition) is 0. The summed E-state index contributed by atoms with van der Waals surface area (Å²) in [5, 5.41) is 0. The molecule has 0 aliphatic heterocycles. The molecular formula is C26H54O12Si. The summed E-state index contributed by atoms with van der Waals surface area (Å²) < 4.78 is 66.8. The van der Waals surface area contributed by atoms with Crippen LogP contribution in [-0.4, -0.2) is 149 Å². The van der Waals surface area contributed by atoms with Crippen LogP contribution in [0.25, 0.3) is 0 Å². The second-order valence-electron chi connectivity index (χ2n) is 8.06. The maximum absolute atomic E-state index is 6.25. The Morgan fingerprint density at radius 2 is 0.718 bits per heavy atom. The van der Waals surface area contributed by atoms with E-state index in [1.165, 1.54) is 0 Å². The molecule has 0 bridgehead atoms. The van der Waals surface area contributed by atoms with E-state index in [9.17, 15) is 0 Å². The van der Waals surface area contributed by atoms with Crippen molar-refractivity contribution in [2.75, 3.05) is 140 Å². The van der Waals surface area contributed by atoms with Gasteiger partial charge in [-0.05, 0) is 12.8 Å². The van der Waals surface area contributed by atoms with Gasteiger partial charge < -0.3 is 55.9 Å². The van der Waals surface area contributed by atoms with Gasteiger partial charge in [0.2, 0.25) is 0 Å².